The number of amides is 1. The Morgan fingerprint density at radius 1 is 1.47 bits per heavy atom. The topological polar surface area (TPSA) is 53.4 Å². The van der Waals surface area contributed by atoms with Gasteiger partial charge in [0.2, 0.25) is 5.91 Å². The zero-order chi connectivity index (χ0) is 13.6. The lowest BCUT2D eigenvalue weighted by Crippen LogP contribution is -2.24. The van der Waals surface area contributed by atoms with Crippen LogP contribution in [0.25, 0.3) is 10.2 Å². The Labute approximate surface area is 115 Å². The van der Waals surface area contributed by atoms with Crippen LogP contribution in [0, 0.1) is 19.8 Å². The highest BCUT2D eigenvalue weighted by Gasteiger charge is 2.32. The molecular weight excluding hydrogens is 260 g/mol. The van der Waals surface area contributed by atoms with Crippen molar-refractivity contribution in [1.82, 2.24) is 4.98 Å². The number of fused-ring (bicyclic) bond motifs is 1. The predicted octanol–water partition coefficient (Wildman–Crippen LogP) is 2.26. The molecule has 2 aromatic rings. The lowest BCUT2D eigenvalue weighted by Gasteiger charge is -2.11. The molecule has 1 unspecified atom stereocenters. The summed E-state index contributed by atoms with van der Waals surface area (Å²) in [5.41, 5.74) is 3.37. The number of carbonyl (C=O) groups is 1. The molecule has 0 bridgehead atoms. The van der Waals surface area contributed by atoms with Crippen LogP contribution in [-0.2, 0) is 4.79 Å². The molecule has 3 rings (SSSR count). The van der Waals surface area contributed by atoms with Crippen molar-refractivity contribution in [2.24, 2.45) is 5.92 Å². The summed E-state index contributed by atoms with van der Waals surface area (Å²) >= 11 is 1.55. The first-order valence-corrected chi connectivity index (χ1v) is 7.19. The van der Waals surface area contributed by atoms with Gasteiger partial charge < -0.3 is 5.11 Å². The first-order valence-electron chi connectivity index (χ1n) is 6.38. The van der Waals surface area contributed by atoms with Crippen molar-refractivity contribution >= 4 is 32.6 Å². The molecule has 1 aliphatic rings. The van der Waals surface area contributed by atoms with E-state index in [1.54, 1.807) is 16.2 Å². The molecule has 1 aromatic carbocycles. The predicted molar refractivity (Wildman–Crippen MR) is 76.6 cm³/mol. The average molecular weight is 276 g/mol. The number of aliphatic hydroxyl groups excluding tert-OH is 1. The van der Waals surface area contributed by atoms with Crippen LogP contribution in [0.3, 0.4) is 0 Å². The summed E-state index contributed by atoms with van der Waals surface area (Å²) < 4.78 is 1.11. The molecule has 1 N–H and O–H groups in total. The monoisotopic (exact) mass is 276 g/mol. The molecule has 5 heteroatoms. The molecule has 2 heterocycles. The zero-order valence-electron chi connectivity index (χ0n) is 11.0. The number of aryl methyl sites for hydroxylation is 2. The highest BCUT2D eigenvalue weighted by molar-refractivity contribution is 7.22. The Morgan fingerprint density at radius 2 is 2.26 bits per heavy atom. The molecule has 0 spiro atoms. The summed E-state index contributed by atoms with van der Waals surface area (Å²) in [5.74, 6) is 0.106. The van der Waals surface area contributed by atoms with Gasteiger partial charge in [-0.25, -0.2) is 4.98 Å². The maximum absolute atomic E-state index is 12.0. The number of nitrogens with zero attached hydrogens (tertiary/aromatic N) is 2. The SMILES string of the molecule is Cc1ccc2sc(N3CC(CO)CC3=O)nc2c1C. The van der Waals surface area contributed by atoms with Crippen molar-refractivity contribution in [1.29, 1.82) is 0 Å². The second-order valence-electron chi connectivity index (χ2n) is 5.11. The maximum Gasteiger partial charge on any atom is 0.229 e. The minimum Gasteiger partial charge on any atom is -0.396 e. The normalized spacial score (nSPS) is 19.6. The van der Waals surface area contributed by atoms with Gasteiger partial charge in [0.05, 0.1) is 10.2 Å². The van der Waals surface area contributed by atoms with Crippen LogP contribution < -0.4 is 4.90 Å². The van der Waals surface area contributed by atoms with Crippen LogP contribution in [0.4, 0.5) is 5.13 Å². The summed E-state index contributed by atoms with van der Waals surface area (Å²) in [6, 6.07) is 4.14. The van der Waals surface area contributed by atoms with Gasteiger partial charge >= 0.3 is 0 Å². The van der Waals surface area contributed by atoms with E-state index in [0.29, 0.717) is 13.0 Å². The van der Waals surface area contributed by atoms with Gasteiger partial charge in [-0.15, -0.1) is 0 Å². The van der Waals surface area contributed by atoms with Gasteiger partial charge in [-0.3, -0.25) is 9.69 Å². The standard InChI is InChI=1S/C14H16N2O2S/c1-8-3-4-11-13(9(8)2)15-14(19-11)16-6-10(7-17)5-12(16)18/h3-4,10,17H,5-7H2,1-2H3. The van der Waals surface area contributed by atoms with Crippen LogP contribution in [0.1, 0.15) is 17.5 Å². The highest BCUT2D eigenvalue weighted by atomic mass is 32.1. The summed E-state index contributed by atoms with van der Waals surface area (Å²) in [6.07, 6.45) is 0.421. The summed E-state index contributed by atoms with van der Waals surface area (Å²) in [7, 11) is 0. The first kappa shape index (κ1) is 12.6. The van der Waals surface area contributed by atoms with Gasteiger partial charge in [0, 0.05) is 25.5 Å². The molecule has 4 nitrogen and oxygen atoms in total. The van der Waals surface area contributed by atoms with Gasteiger partial charge in [0.25, 0.3) is 0 Å². The molecule has 19 heavy (non-hydrogen) atoms. The van der Waals surface area contributed by atoms with Gasteiger partial charge in [0.1, 0.15) is 0 Å². The fourth-order valence-electron chi connectivity index (χ4n) is 2.42. The molecular formula is C14H16N2O2S. The van der Waals surface area contributed by atoms with E-state index in [1.165, 1.54) is 11.1 Å². The van der Waals surface area contributed by atoms with E-state index in [-0.39, 0.29) is 18.4 Å². The average Bonchev–Trinajstić information content (AvgIpc) is 2.97. The van der Waals surface area contributed by atoms with Crippen LogP contribution in [0.2, 0.25) is 0 Å². The minimum atomic E-state index is 0.0438. The Kier molecular flexibility index (Phi) is 3.03. The lowest BCUT2D eigenvalue weighted by atomic mass is 10.1. The van der Waals surface area contributed by atoms with Crippen LogP contribution in [0.15, 0.2) is 12.1 Å². The molecule has 1 aliphatic heterocycles. The fourth-order valence-corrected chi connectivity index (χ4v) is 3.47. The second-order valence-corrected chi connectivity index (χ2v) is 6.12. The van der Waals surface area contributed by atoms with Gasteiger partial charge in [-0.2, -0.15) is 0 Å². The largest absolute Gasteiger partial charge is 0.396 e. The van der Waals surface area contributed by atoms with Gasteiger partial charge in [0.15, 0.2) is 5.13 Å². The third-order valence-corrected chi connectivity index (χ3v) is 4.81. The maximum atomic E-state index is 12.0. The molecule has 1 fully saturated rings. The lowest BCUT2D eigenvalue weighted by molar-refractivity contribution is -0.117. The molecule has 1 saturated heterocycles. The molecule has 1 aromatic heterocycles. The molecule has 1 atom stereocenters. The number of carbonyl (C=O) groups excluding carboxylic acids is 1. The van der Waals surface area contributed by atoms with E-state index in [9.17, 15) is 9.90 Å². The molecule has 100 valence electrons. The quantitative estimate of drug-likeness (QED) is 0.915. The summed E-state index contributed by atoms with van der Waals surface area (Å²) in [5, 5.41) is 9.93. The number of thiazole rings is 1. The molecule has 0 aliphatic carbocycles. The van der Waals surface area contributed by atoms with E-state index in [0.717, 1.165) is 15.3 Å². The number of hydrogen-bond donors (Lipinski definition) is 1. The molecule has 1 amide bonds. The van der Waals surface area contributed by atoms with Crippen molar-refractivity contribution in [2.45, 2.75) is 20.3 Å². The Hall–Kier alpha value is -1.46. The van der Waals surface area contributed by atoms with Crippen LogP contribution in [-0.4, -0.2) is 29.1 Å². The highest BCUT2D eigenvalue weighted by Crippen LogP contribution is 2.34. The Bertz CT molecular complexity index is 650. The van der Waals surface area contributed by atoms with Crippen molar-refractivity contribution in [3.8, 4) is 0 Å². The number of rotatable bonds is 2. The molecule has 0 radical (unpaired) electrons. The number of anilines is 1. The van der Waals surface area contributed by atoms with E-state index >= 15 is 0 Å². The summed E-state index contributed by atoms with van der Waals surface area (Å²) in [4.78, 5) is 18.3. The van der Waals surface area contributed by atoms with Crippen molar-refractivity contribution in [3.05, 3.63) is 23.3 Å². The second kappa shape index (κ2) is 4.58. The zero-order valence-corrected chi connectivity index (χ0v) is 11.8. The van der Waals surface area contributed by atoms with Crippen molar-refractivity contribution in [3.63, 3.8) is 0 Å². The summed E-state index contributed by atoms with van der Waals surface area (Å²) in [6.45, 7) is 4.76. The van der Waals surface area contributed by atoms with Gasteiger partial charge in [-0.05, 0) is 31.0 Å². The van der Waals surface area contributed by atoms with E-state index in [4.69, 9.17) is 0 Å². The minimum absolute atomic E-state index is 0.0438. The van der Waals surface area contributed by atoms with E-state index < -0.39 is 0 Å². The number of hydrogen-bond acceptors (Lipinski definition) is 4. The van der Waals surface area contributed by atoms with Crippen molar-refractivity contribution in [2.75, 3.05) is 18.1 Å². The Balaban J connectivity index is 2.02. The third kappa shape index (κ3) is 2.03. The smallest absolute Gasteiger partial charge is 0.229 e. The van der Waals surface area contributed by atoms with Crippen LogP contribution >= 0.6 is 11.3 Å². The third-order valence-electron chi connectivity index (χ3n) is 3.77. The number of aromatic nitrogens is 1. The Morgan fingerprint density at radius 3 is 2.95 bits per heavy atom. The van der Waals surface area contributed by atoms with Gasteiger partial charge in [-0.1, -0.05) is 17.4 Å². The fraction of sp³-hybridized carbons (Fsp3) is 0.429. The number of aliphatic hydroxyl groups is 1. The van der Waals surface area contributed by atoms with Crippen molar-refractivity contribution < 1.29 is 9.90 Å². The first-order chi connectivity index (χ1) is 9.10. The number of benzene rings is 1. The van der Waals surface area contributed by atoms with E-state index in [1.807, 2.05) is 0 Å². The molecule has 0 saturated carbocycles. The van der Waals surface area contributed by atoms with E-state index in [2.05, 4.69) is 31.0 Å². The van der Waals surface area contributed by atoms with Crippen LogP contribution in [0.5, 0.6) is 0 Å².